The molecule has 5 heteroatoms. The van der Waals surface area contributed by atoms with Gasteiger partial charge in [-0.2, -0.15) is 0 Å². The van der Waals surface area contributed by atoms with Crippen LogP contribution in [0.15, 0.2) is 24.3 Å². The third-order valence-electron chi connectivity index (χ3n) is 2.37. The van der Waals surface area contributed by atoms with Crippen molar-refractivity contribution in [3.63, 3.8) is 0 Å². The summed E-state index contributed by atoms with van der Waals surface area (Å²) in [6.07, 6.45) is 0.886. The zero-order valence-corrected chi connectivity index (χ0v) is 11.4. The SMILES string of the molecule is CC(C)Oc1ccc(CCNC(=O)NCCF)cc1. The number of carbonyl (C=O) groups excluding carboxylic acids is 1. The van der Waals surface area contributed by atoms with Gasteiger partial charge in [0.25, 0.3) is 0 Å². The first-order valence-electron chi connectivity index (χ1n) is 6.45. The number of hydrogen-bond donors (Lipinski definition) is 2. The van der Waals surface area contributed by atoms with Gasteiger partial charge in [-0.3, -0.25) is 0 Å². The summed E-state index contributed by atoms with van der Waals surface area (Å²) >= 11 is 0. The van der Waals surface area contributed by atoms with E-state index in [0.29, 0.717) is 6.54 Å². The fourth-order valence-electron chi connectivity index (χ4n) is 1.55. The first-order valence-corrected chi connectivity index (χ1v) is 6.45. The normalized spacial score (nSPS) is 10.3. The minimum absolute atomic E-state index is 0.0487. The van der Waals surface area contributed by atoms with Crippen LogP contribution < -0.4 is 15.4 Å². The van der Waals surface area contributed by atoms with Crippen LogP contribution in [-0.2, 0) is 6.42 Å². The minimum atomic E-state index is -0.551. The van der Waals surface area contributed by atoms with Gasteiger partial charge in [0.15, 0.2) is 0 Å². The number of ether oxygens (including phenoxy) is 1. The third-order valence-corrected chi connectivity index (χ3v) is 2.37. The molecule has 0 spiro atoms. The smallest absolute Gasteiger partial charge is 0.314 e. The number of nitrogens with one attached hydrogen (secondary N) is 2. The maximum atomic E-state index is 11.8. The highest BCUT2D eigenvalue weighted by molar-refractivity contribution is 5.73. The molecule has 1 aromatic rings. The van der Waals surface area contributed by atoms with E-state index in [-0.39, 0.29) is 18.7 Å². The van der Waals surface area contributed by atoms with Crippen molar-refractivity contribution in [2.24, 2.45) is 0 Å². The van der Waals surface area contributed by atoms with Crippen LogP contribution in [0, 0.1) is 0 Å². The molecule has 1 aromatic carbocycles. The number of urea groups is 1. The number of rotatable bonds is 7. The second-order valence-corrected chi connectivity index (χ2v) is 4.43. The van der Waals surface area contributed by atoms with Gasteiger partial charge in [0.1, 0.15) is 12.4 Å². The van der Waals surface area contributed by atoms with E-state index in [1.165, 1.54) is 0 Å². The van der Waals surface area contributed by atoms with Crippen molar-refractivity contribution in [1.82, 2.24) is 10.6 Å². The number of amides is 2. The van der Waals surface area contributed by atoms with E-state index in [9.17, 15) is 9.18 Å². The first kappa shape index (κ1) is 15.3. The molecule has 0 aliphatic rings. The molecule has 2 N–H and O–H groups in total. The summed E-state index contributed by atoms with van der Waals surface area (Å²) in [5.41, 5.74) is 1.11. The maximum Gasteiger partial charge on any atom is 0.314 e. The van der Waals surface area contributed by atoms with Crippen molar-refractivity contribution >= 4 is 6.03 Å². The van der Waals surface area contributed by atoms with Gasteiger partial charge >= 0.3 is 6.03 Å². The lowest BCUT2D eigenvalue weighted by molar-refractivity contribution is 0.239. The number of halogens is 1. The van der Waals surface area contributed by atoms with Gasteiger partial charge in [-0.1, -0.05) is 12.1 Å². The standard InChI is InChI=1S/C14H21FN2O2/c1-11(2)19-13-5-3-12(4-6-13)7-9-16-14(18)17-10-8-15/h3-6,11H,7-10H2,1-2H3,(H2,16,17,18). The van der Waals surface area contributed by atoms with E-state index < -0.39 is 6.67 Å². The molecule has 4 nitrogen and oxygen atoms in total. The predicted molar refractivity (Wildman–Crippen MR) is 73.3 cm³/mol. The van der Waals surface area contributed by atoms with Gasteiger partial charge in [-0.15, -0.1) is 0 Å². The Labute approximate surface area is 113 Å². The van der Waals surface area contributed by atoms with Crippen molar-refractivity contribution in [2.45, 2.75) is 26.4 Å². The summed E-state index contributed by atoms with van der Waals surface area (Å²) < 4.78 is 17.4. The number of benzene rings is 1. The molecule has 0 radical (unpaired) electrons. The van der Waals surface area contributed by atoms with Crippen LogP contribution in [0.5, 0.6) is 5.75 Å². The zero-order valence-electron chi connectivity index (χ0n) is 11.4. The monoisotopic (exact) mass is 268 g/mol. The van der Waals surface area contributed by atoms with Gasteiger partial charge in [0, 0.05) is 13.1 Å². The molecule has 0 unspecified atom stereocenters. The Balaban J connectivity index is 2.28. The molecule has 0 aromatic heterocycles. The molecule has 0 bridgehead atoms. The Hall–Kier alpha value is -1.78. The van der Waals surface area contributed by atoms with E-state index in [1.54, 1.807) is 0 Å². The molecular weight excluding hydrogens is 247 g/mol. The van der Waals surface area contributed by atoms with Crippen molar-refractivity contribution in [3.8, 4) is 5.75 Å². The molecule has 0 fully saturated rings. The molecular formula is C14H21FN2O2. The van der Waals surface area contributed by atoms with E-state index in [2.05, 4.69) is 10.6 Å². The lowest BCUT2D eigenvalue weighted by atomic mass is 10.1. The second-order valence-electron chi connectivity index (χ2n) is 4.43. The molecule has 0 saturated carbocycles. The van der Waals surface area contributed by atoms with Gasteiger partial charge < -0.3 is 15.4 Å². The van der Waals surface area contributed by atoms with Gasteiger partial charge in [-0.25, -0.2) is 9.18 Å². The molecule has 19 heavy (non-hydrogen) atoms. The summed E-state index contributed by atoms with van der Waals surface area (Å²) in [7, 11) is 0. The highest BCUT2D eigenvalue weighted by Gasteiger charge is 2.00. The Morgan fingerprint density at radius 3 is 2.42 bits per heavy atom. The predicted octanol–water partition coefficient (Wildman–Crippen LogP) is 2.29. The molecule has 0 aliphatic carbocycles. The van der Waals surface area contributed by atoms with E-state index in [0.717, 1.165) is 17.7 Å². The van der Waals surface area contributed by atoms with Crippen molar-refractivity contribution in [1.29, 1.82) is 0 Å². The van der Waals surface area contributed by atoms with Crippen LogP contribution in [0.3, 0.4) is 0 Å². The lowest BCUT2D eigenvalue weighted by Gasteiger charge is -2.10. The van der Waals surface area contributed by atoms with E-state index in [1.807, 2.05) is 38.1 Å². The Kier molecular flexibility index (Phi) is 6.71. The van der Waals surface area contributed by atoms with Crippen LogP contribution in [0.4, 0.5) is 9.18 Å². The number of alkyl halides is 1. The Morgan fingerprint density at radius 2 is 1.84 bits per heavy atom. The summed E-state index contributed by atoms with van der Waals surface area (Å²) in [5, 5.41) is 5.07. The summed E-state index contributed by atoms with van der Waals surface area (Å²) in [6, 6.07) is 7.44. The maximum absolute atomic E-state index is 11.8. The molecule has 1 rings (SSSR count). The largest absolute Gasteiger partial charge is 0.491 e. The zero-order chi connectivity index (χ0) is 14.1. The van der Waals surface area contributed by atoms with Crippen molar-refractivity contribution in [3.05, 3.63) is 29.8 Å². The van der Waals surface area contributed by atoms with Crippen molar-refractivity contribution in [2.75, 3.05) is 19.8 Å². The fourth-order valence-corrected chi connectivity index (χ4v) is 1.55. The molecule has 2 amide bonds. The highest BCUT2D eigenvalue weighted by Crippen LogP contribution is 2.13. The molecule has 0 atom stereocenters. The van der Waals surface area contributed by atoms with Gasteiger partial charge in [0.05, 0.1) is 6.10 Å². The number of carbonyl (C=O) groups is 1. The van der Waals surface area contributed by atoms with Crippen molar-refractivity contribution < 1.29 is 13.9 Å². The third kappa shape index (κ3) is 6.64. The summed E-state index contributed by atoms with van der Waals surface area (Å²) in [6.45, 7) is 3.97. The first-order chi connectivity index (χ1) is 9.11. The Morgan fingerprint density at radius 1 is 1.21 bits per heavy atom. The quantitative estimate of drug-likeness (QED) is 0.797. The van der Waals surface area contributed by atoms with E-state index >= 15 is 0 Å². The van der Waals surface area contributed by atoms with Crippen LogP contribution in [0.1, 0.15) is 19.4 Å². The average molecular weight is 268 g/mol. The van der Waals surface area contributed by atoms with E-state index in [4.69, 9.17) is 4.74 Å². The number of hydrogen-bond acceptors (Lipinski definition) is 2. The fraction of sp³-hybridized carbons (Fsp3) is 0.500. The van der Waals surface area contributed by atoms with Crippen LogP contribution in [0.2, 0.25) is 0 Å². The molecule has 0 saturated heterocycles. The molecule has 0 aliphatic heterocycles. The summed E-state index contributed by atoms with van der Waals surface area (Å²) in [5.74, 6) is 0.840. The molecule has 0 heterocycles. The Bertz CT molecular complexity index is 380. The van der Waals surface area contributed by atoms with Crippen LogP contribution >= 0.6 is 0 Å². The average Bonchev–Trinajstić information content (AvgIpc) is 2.38. The lowest BCUT2D eigenvalue weighted by Crippen LogP contribution is -2.37. The van der Waals surface area contributed by atoms with Gasteiger partial charge in [-0.05, 0) is 38.0 Å². The highest BCUT2D eigenvalue weighted by atomic mass is 19.1. The topological polar surface area (TPSA) is 50.4 Å². The summed E-state index contributed by atoms with van der Waals surface area (Å²) in [4.78, 5) is 11.2. The van der Waals surface area contributed by atoms with Crippen LogP contribution in [0.25, 0.3) is 0 Å². The van der Waals surface area contributed by atoms with Crippen LogP contribution in [-0.4, -0.2) is 31.9 Å². The second kappa shape index (κ2) is 8.34. The molecule has 106 valence electrons. The van der Waals surface area contributed by atoms with Gasteiger partial charge in [0.2, 0.25) is 0 Å². The minimum Gasteiger partial charge on any atom is -0.491 e.